The molecule has 3 N–H and O–H groups in total. The van der Waals surface area contributed by atoms with Gasteiger partial charge in [0.2, 0.25) is 0 Å². The number of rotatable bonds is 3. The van der Waals surface area contributed by atoms with Crippen molar-refractivity contribution in [1.82, 2.24) is 0 Å². The number of thioether (sulfide) groups is 1. The Bertz CT molecular complexity index is 511. The van der Waals surface area contributed by atoms with E-state index in [4.69, 9.17) is 10.9 Å². The Morgan fingerprint density at radius 1 is 1.30 bits per heavy atom. The van der Waals surface area contributed by atoms with Gasteiger partial charge in [-0.1, -0.05) is 18.0 Å². The van der Waals surface area contributed by atoms with Gasteiger partial charge >= 0.3 is 6.18 Å². The van der Waals surface area contributed by atoms with Crippen LogP contribution < -0.4 is 5.73 Å². The van der Waals surface area contributed by atoms with Crippen LogP contribution >= 0.6 is 11.8 Å². The molecule has 7 heteroatoms. The van der Waals surface area contributed by atoms with Gasteiger partial charge in [-0.25, -0.2) is 0 Å². The number of hydrogen-bond acceptors (Lipinski definition) is 3. The van der Waals surface area contributed by atoms with E-state index in [2.05, 4.69) is 5.16 Å². The molecule has 1 fully saturated rings. The first-order chi connectivity index (χ1) is 9.41. The van der Waals surface area contributed by atoms with Crippen LogP contribution in [0.2, 0.25) is 0 Å². The van der Waals surface area contributed by atoms with Gasteiger partial charge in [0, 0.05) is 15.7 Å². The lowest BCUT2D eigenvalue weighted by Gasteiger charge is -2.15. The van der Waals surface area contributed by atoms with Crippen LogP contribution in [0, 0.1) is 0 Å². The average Bonchev–Trinajstić information content (AvgIpc) is 2.89. The van der Waals surface area contributed by atoms with Crippen molar-refractivity contribution >= 4 is 17.6 Å². The fraction of sp³-hybridized carbons (Fsp3) is 0.462. The number of nitrogens with two attached hydrogens (primary N) is 1. The molecule has 0 heterocycles. The summed E-state index contributed by atoms with van der Waals surface area (Å²) in [4.78, 5) is 0.568. The van der Waals surface area contributed by atoms with E-state index in [0.29, 0.717) is 10.1 Å². The van der Waals surface area contributed by atoms with E-state index in [1.807, 2.05) is 0 Å². The summed E-state index contributed by atoms with van der Waals surface area (Å²) in [5, 5.41) is 11.6. The molecule has 0 unspecified atom stereocenters. The molecule has 0 spiro atoms. The second-order valence-electron chi connectivity index (χ2n) is 4.71. The molecule has 0 radical (unpaired) electrons. The zero-order valence-electron chi connectivity index (χ0n) is 10.7. The second kappa shape index (κ2) is 5.95. The largest absolute Gasteiger partial charge is 0.417 e. The van der Waals surface area contributed by atoms with E-state index < -0.39 is 17.6 Å². The van der Waals surface area contributed by atoms with Gasteiger partial charge in [-0.05, 0) is 31.0 Å². The summed E-state index contributed by atoms with van der Waals surface area (Å²) in [6, 6.07) is 3.93. The highest BCUT2D eigenvalue weighted by atomic mass is 32.2. The lowest BCUT2D eigenvalue weighted by Crippen LogP contribution is -2.20. The summed E-state index contributed by atoms with van der Waals surface area (Å²) in [6.45, 7) is 0. The van der Waals surface area contributed by atoms with Crippen molar-refractivity contribution in [3.8, 4) is 0 Å². The van der Waals surface area contributed by atoms with Crippen molar-refractivity contribution in [2.24, 2.45) is 10.9 Å². The summed E-state index contributed by atoms with van der Waals surface area (Å²) in [6.07, 6.45) is -0.198. The monoisotopic (exact) mass is 304 g/mol. The Morgan fingerprint density at radius 2 is 1.95 bits per heavy atom. The molecule has 0 atom stereocenters. The van der Waals surface area contributed by atoms with E-state index in [-0.39, 0.29) is 5.56 Å². The molecule has 1 aliphatic carbocycles. The number of benzene rings is 1. The second-order valence-corrected chi connectivity index (χ2v) is 6.09. The average molecular weight is 304 g/mol. The van der Waals surface area contributed by atoms with Crippen LogP contribution in [0.5, 0.6) is 0 Å². The SMILES string of the molecule is NC(=NO)c1ccc(SC2CCCC2)cc1C(F)(F)F. The Kier molecular flexibility index (Phi) is 4.47. The Balaban J connectivity index is 2.33. The minimum Gasteiger partial charge on any atom is -0.409 e. The quantitative estimate of drug-likeness (QED) is 0.386. The fourth-order valence-corrected chi connectivity index (χ4v) is 3.59. The molecule has 0 amide bonds. The number of oxime groups is 1. The summed E-state index contributed by atoms with van der Waals surface area (Å²) in [7, 11) is 0. The first-order valence-corrected chi connectivity index (χ1v) is 7.15. The van der Waals surface area contributed by atoms with Gasteiger partial charge in [-0.3, -0.25) is 0 Å². The van der Waals surface area contributed by atoms with Gasteiger partial charge in [0.25, 0.3) is 0 Å². The van der Waals surface area contributed by atoms with Crippen molar-refractivity contribution in [3.05, 3.63) is 29.3 Å². The minimum absolute atomic E-state index is 0.296. The molecule has 0 aliphatic heterocycles. The molecule has 0 aromatic heterocycles. The Morgan fingerprint density at radius 3 is 2.50 bits per heavy atom. The number of halogens is 3. The van der Waals surface area contributed by atoms with Gasteiger partial charge in [-0.15, -0.1) is 11.8 Å². The third-order valence-corrected chi connectivity index (χ3v) is 4.62. The maximum atomic E-state index is 13.0. The highest BCUT2D eigenvalue weighted by Gasteiger charge is 2.35. The zero-order chi connectivity index (χ0) is 14.8. The van der Waals surface area contributed by atoms with Crippen molar-refractivity contribution in [1.29, 1.82) is 0 Å². The summed E-state index contributed by atoms with van der Waals surface area (Å²) < 4.78 is 39.1. The smallest absolute Gasteiger partial charge is 0.409 e. The molecule has 3 nitrogen and oxygen atoms in total. The molecule has 20 heavy (non-hydrogen) atoms. The number of hydrogen-bond donors (Lipinski definition) is 2. The maximum Gasteiger partial charge on any atom is 0.417 e. The number of amidine groups is 1. The van der Waals surface area contributed by atoms with Crippen molar-refractivity contribution in [2.45, 2.75) is 42.0 Å². The van der Waals surface area contributed by atoms with E-state index >= 15 is 0 Å². The van der Waals surface area contributed by atoms with E-state index in [1.165, 1.54) is 17.8 Å². The van der Waals surface area contributed by atoms with Crippen molar-refractivity contribution < 1.29 is 18.4 Å². The van der Waals surface area contributed by atoms with Crippen LogP contribution in [0.1, 0.15) is 36.8 Å². The molecule has 2 rings (SSSR count). The fourth-order valence-electron chi connectivity index (χ4n) is 2.31. The Labute approximate surface area is 119 Å². The van der Waals surface area contributed by atoms with Crippen LogP contribution in [-0.4, -0.2) is 16.3 Å². The van der Waals surface area contributed by atoms with Gasteiger partial charge < -0.3 is 10.9 Å². The van der Waals surface area contributed by atoms with Crippen LogP contribution in [0.3, 0.4) is 0 Å². The normalized spacial score (nSPS) is 17.6. The number of alkyl halides is 3. The van der Waals surface area contributed by atoms with Crippen LogP contribution in [0.4, 0.5) is 13.2 Å². The zero-order valence-corrected chi connectivity index (χ0v) is 11.5. The van der Waals surface area contributed by atoms with E-state index in [1.54, 1.807) is 6.07 Å². The molecular formula is C13H15F3N2OS. The van der Waals surface area contributed by atoms with Crippen molar-refractivity contribution in [3.63, 3.8) is 0 Å². The maximum absolute atomic E-state index is 13.0. The molecule has 1 saturated carbocycles. The minimum atomic E-state index is -4.53. The lowest BCUT2D eigenvalue weighted by atomic mass is 10.1. The highest BCUT2D eigenvalue weighted by Crippen LogP contribution is 2.38. The molecule has 1 aromatic rings. The Hall–Kier alpha value is -1.37. The molecule has 1 aliphatic rings. The first-order valence-electron chi connectivity index (χ1n) is 6.27. The van der Waals surface area contributed by atoms with Gasteiger partial charge in [-0.2, -0.15) is 13.2 Å². The summed E-state index contributed by atoms with van der Waals surface area (Å²) in [5.74, 6) is -0.533. The third-order valence-electron chi connectivity index (χ3n) is 3.29. The molecular weight excluding hydrogens is 289 g/mol. The van der Waals surface area contributed by atoms with Crippen molar-refractivity contribution in [2.75, 3.05) is 0 Å². The van der Waals surface area contributed by atoms with Gasteiger partial charge in [0.1, 0.15) is 0 Å². The predicted octanol–water partition coefficient (Wildman–Crippen LogP) is 3.83. The third kappa shape index (κ3) is 3.39. The predicted molar refractivity (Wildman–Crippen MR) is 72.1 cm³/mol. The van der Waals surface area contributed by atoms with E-state index in [0.717, 1.165) is 31.7 Å². The first kappa shape index (κ1) is 15.0. The summed E-state index contributed by atoms with van der Waals surface area (Å²) in [5.41, 5.74) is 4.14. The van der Waals surface area contributed by atoms with Crippen LogP contribution in [-0.2, 0) is 6.18 Å². The molecule has 110 valence electrons. The topological polar surface area (TPSA) is 58.6 Å². The molecule has 0 bridgehead atoms. The highest BCUT2D eigenvalue weighted by molar-refractivity contribution is 8.00. The van der Waals surface area contributed by atoms with E-state index in [9.17, 15) is 13.2 Å². The van der Waals surface area contributed by atoms with Crippen LogP contribution in [0.25, 0.3) is 0 Å². The lowest BCUT2D eigenvalue weighted by molar-refractivity contribution is -0.137. The summed E-state index contributed by atoms with van der Waals surface area (Å²) >= 11 is 1.47. The molecule has 0 saturated heterocycles. The standard InChI is InChI=1S/C13H15F3N2OS/c14-13(15,16)11-7-9(20-8-3-1-2-4-8)5-6-10(11)12(17)18-19/h5-8,19H,1-4H2,(H2,17,18). The van der Waals surface area contributed by atoms with Gasteiger partial charge in [0.05, 0.1) is 5.56 Å². The molecule has 1 aromatic carbocycles. The van der Waals surface area contributed by atoms with Gasteiger partial charge in [0.15, 0.2) is 5.84 Å². The van der Waals surface area contributed by atoms with Crippen LogP contribution in [0.15, 0.2) is 28.3 Å². The number of nitrogens with zero attached hydrogens (tertiary/aromatic N) is 1.